The molecular weight excluding hydrogens is 476 g/mol. The Labute approximate surface area is 225 Å². The third kappa shape index (κ3) is 5.25. The fraction of sp³-hybridized carbons (Fsp3) is 0.517. The molecule has 0 bridgehead atoms. The van der Waals surface area contributed by atoms with Crippen molar-refractivity contribution in [2.24, 2.45) is 22.8 Å². The van der Waals surface area contributed by atoms with Crippen molar-refractivity contribution in [2.75, 3.05) is 19.7 Å². The molecule has 1 saturated heterocycles. The number of aromatic nitrogens is 4. The van der Waals surface area contributed by atoms with Crippen molar-refractivity contribution in [3.05, 3.63) is 42.0 Å². The number of piperidine rings is 1. The number of hydrogen-bond donors (Lipinski definition) is 1. The second kappa shape index (κ2) is 10.7. The minimum Gasteiger partial charge on any atom is -0.491 e. The third-order valence-electron chi connectivity index (χ3n) is 7.35. The number of nitrogens with two attached hydrogens (primary N) is 1. The number of rotatable bonds is 5. The third-order valence-corrected chi connectivity index (χ3v) is 7.35. The minimum atomic E-state index is 0.0817. The quantitative estimate of drug-likeness (QED) is 0.399. The normalized spacial score (nSPS) is 18.9. The van der Waals surface area contributed by atoms with Gasteiger partial charge in [0, 0.05) is 43.4 Å². The molecule has 0 radical (unpaired) electrons. The van der Waals surface area contributed by atoms with Gasteiger partial charge in [-0.2, -0.15) is 5.10 Å². The van der Waals surface area contributed by atoms with Gasteiger partial charge in [-0.25, -0.2) is 9.98 Å². The van der Waals surface area contributed by atoms with Gasteiger partial charge in [-0.15, -0.1) is 0 Å². The summed E-state index contributed by atoms with van der Waals surface area (Å²) in [6.07, 6.45) is 6.39. The zero-order valence-corrected chi connectivity index (χ0v) is 23.5. The minimum absolute atomic E-state index is 0.0817. The van der Waals surface area contributed by atoms with E-state index < -0.39 is 0 Å². The van der Waals surface area contributed by atoms with Crippen LogP contribution in [-0.2, 0) is 13.6 Å². The van der Waals surface area contributed by atoms with Crippen molar-refractivity contribution in [3.63, 3.8) is 0 Å². The van der Waals surface area contributed by atoms with Gasteiger partial charge in [-0.05, 0) is 71.7 Å². The topological polar surface area (TPSA) is 98.8 Å². The number of ether oxygens (including phenoxy) is 1. The molecule has 38 heavy (non-hydrogen) atoms. The summed E-state index contributed by atoms with van der Waals surface area (Å²) >= 11 is 0. The maximum atomic E-state index is 6.25. The van der Waals surface area contributed by atoms with E-state index in [9.17, 15) is 0 Å². The SMILES string of the molecule is CC(N)=NC(=NC(C)C)c1cn2c(n1)-c1ccc(-c3cnn(C)c3C3CCCN(C(C)C)C3)cc1OCC2. The van der Waals surface area contributed by atoms with Crippen molar-refractivity contribution < 1.29 is 4.74 Å². The number of likely N-dealkylation sites (tertiary alicyclic amines) is 1. The maximum Gasteiger partial charge on any atom is 0.177 e. The van der Waals surface area contributed by atoms with Gasteiger partial charge in [0.1, 0.15) is 23.9 Å². The van der Waals surface area contributed by atoms with Crippen LogP contribution in [0.2, 0.25) is 0 Å². The lowest BCUT2D eigenvalue weighted by Crippen LogP contribution is -2.39. The molecule has 1 atom stereocenters. The number of hydrogen-bond acceptors (Lipinski definition) is 5. The number of aliphatic imine (C=N–C) groups is 2. The smallest absolute Gasteiger partial charge is 0.177 e. The molecular formula is C29H40N8O. The highest BCUT2D eigenvalue weighted by Gasteiger charge is 2.28. The molecule has 0 aliphatic carbocycles. The maximum absolute atomic E-state index is 6.25. The molecule has 4 heterocycles. The van der Waals surface area contributed by atoms with Crippen molar-refractivity contribution in [1.82, 2.24) is 24.2 Å². The summed E-state index contributed by atoms with van der Waals surface area (Å²) in [6, 6.07) is 7.07. The van der Waals surface area contributed by atoms with E-state index in [-0.39, 0.29) is 6.04 Å². The summed E-state index contributed by atoms with van der Waals surface area (Å²) in [5, 5.41) is 4.68. The van der Waals surface area contributed by atoms with Crippen molar-refractivity contribution in [3.8, 4) is 28.3 Å². The number of aryl methyl sites for hydroxylation is 1. The van der Waals surface area contributed by atoms with E-state index >= 15 is 0 Å². The molecule has 2 aromatic heterocycles. The molecule has 3 aromatic rings. The summed E-state index contributed by atoms with van der Waals surface area (Å²) in [5.41, 5.74) is 11.2. The van der Waals surface area contributed by atoms with E-state index in [0.717, 1.165) is 34.9 Å². The van der Waals surface area contributed by atoms with Crippen molar-refractivity contribution >= 4 is 11.7 Å². The van der Waals surface area contributed by atoms with E-state index in [1.165, 1.54) is 30.6 Å². The standard InChI is InChI=1S/C29H40N8O/c1-18(2)32-28(33-20(5)30)25-17-37-12-13-38-26-14-21(9-10-23(26)29(37)34-25)24-15-31-35(6)27(24)22-8-7-11-36(16-22)19(3)4/h9-10,14-15,17-19,22H,7-8,11-13,16H2,1-6H3,(H2,30,32,33). The lowest BCUT2D eigenvalue weighted by molar-refractivity contribution is 0.165. The predicted octanol–water partition coefficient (Wildman–Crippen LogP) is 4.46. The first kappa shape index (κ1) is 26.2. The Kier molecular flexibility index (Phi) is 7.38. The van der Waals surface area contributed by atoms with Gasteiger partial charge in [-0.1, -0.05) is 6.07 Å². The number of fused-ring (bicyclic) bond motifs is 3. The van der Waals surface area contributed by atoms with E-state index in [1.807, 2.05) is 26.2 Å². The van der Waals surface area contributed by atoms with Crippen LogP contribution in [0.15, 0.2) is 40.6 Å². The molecule has 1 fully saturated rings. The van der Waals surface area contributed by atoms with E-state index in [4.69, 9.17) is 15.5 Å². The van der Waals surface area contributed by atoms with Gasteiger partial charge in [0.05, 0.1) is 29.8 Å². The molecule has 2 N–H and O–H groups in total. The largest absolute Gasteiger partial charge is 0.491 e. The Bertz CT molecular complexity index is 1360. The number of imidazole rings is 1. The second-order valence-corrected chi connectivity index (χ2v) is 11.0. The van der Waals surface area contributed by atoms with Crippen LogP contribution >= 0.6 is 0 Å². The molecule has 0 amide bonds. The average Bonchev–Trinajstić information content (AvgIpc) is 3.42. The van der Waals surface area contributed by atoms with E-state index in [1.54, 1.807) is 6.92 Å². The Morgan fingerprint density at radius 3 is 2.71 bits per heavy atom. The monoisotopic (exact) mass is 516 g/mol. The van der Waals surface area contributed by atoms with Crippen LogP contribution in [0.5, 0.6) is 5.75 Å². The molecule has 5 rings (SSSR count). The molecule has 202 valence electrons. The molecule has 1 unspecified atom stereocenters. The summed E-state index contributed by atoms with van der Waals surface area (Å²) in [7, 11) is 2.06. The van der Waals surface area contributed by atoms with E-state index in [0.29, 0.717) is 36.8 Å². The Morgan fingerprint density at radius 1 is 1.16 bits per heavy atom. The van der Waals surface area contributed by atoms with Crippen LogP contribution in [0.4, 0.5) is 0 Å². The highest BCUT2D eigenvalue weighted by atomic mass is 16.5. The summed E-state index contributed by atoms with van der Waals surface area (Å²) in [5.74, 6) is 3.17. The van der Waals surface area contributed by atoms with Crippen LogP contribution < -0.4 is 10.5 Å². The zero-order chi connectivity index (χ0) is 27.0. The summed E-state index contributed by atoms with van der Waals surface area (Å²) < 4.78 is 10.4. The lowest BCUT2D eigenvalue weighted by Gasteiger charge is -2.35. The van der Waals surface area contributed by atoms with Gasteiger partial charge in [-0.3, -0.25) is 9.67 Å². The molecule has 2 aliphatic heterocycles. The fourth-order valence-corrected chi connectivity index (χ4v) is 5.57. The van der Waals surface area contributed by atoms with Gasteiger partial charge < -0.3 is 19.9 Å². The van der Waals surface area contributed by atoms with Crippen LogP contribution in [-0.4, -0.2) is 67.7 Å². The summed E-state index contributed by atoms with van der Waals surface area (Å²) in [6.45, 7) is 13.9. The van der Waals surface area contributed by atoms with Crippen LogP contribution in [0.25, 0.3) is 22.5 Å². The Balaban J connectivity index is 1.51. The van der Waals surface area contributed by atoms with Crippen molar-refractivity contribution in [1.29, 1.82) is 0 Å². The van der Waals surface area contributed by atoms with Gasteiger partial charge in [0.2, 0.25) is 0 Å². The molecule has 9 heteroatoms. The molecule has 1 aromatic carbocycles. The predicted molar refractivity (Wildman–Crippen MR) is 153 cm³/mol. The second-order valence-electron chi connectivity index (χ2n) is 11.0. The van der Waals surface area contributed by atoms with Crippen molar-refractivity contribution in [2.45, 2.75) is 72.0 Å². The highest BCUT2D eigenvalue weighted by Crippen LogP contribution is 2.39. The first-order valence-corrected chi connectivity index (χ1v) is 13.7. The first-order valence-electron chi connectivity index (χ1n) is 13.7. The molecule has 9 nitrogen and oxygen atoms in total. The van der Waals surface area contributed by atoms with Crippen LogP contribution in [0, 0.1) is 0 Å². The fourth-order valence-electron chi connectivity index (χ4n) is 5.57. The van der Waals surface area contributed by atoms with Gasteiger partial charge in [0.25, 0.3) is 0 Å². The first-order chi connectivity index (χ1) is 18.2. The van der Waals surface area contributed by atoms with Crippen LogP contribution in [0.1, 0.15) is 64.8 Å². The van der Waals surface area contributed by atoms with Gasteiger partial charge >= 0.3 is 0 Å². The Hall–Kier alpha value is -3.46. The Morgan fingerprint density at radius 2 is 1.97 bits per heavy atom. The zero-order valence-electron chi connectivity index (χ0n) is 23.5. The van der Waals surface area contributed by atoms with E-state index in [2.05, 4.69) is 68.3 Å². The molecule has 0 saturated carbocycles. The molecule has 2 aliphatic rings. The average molecular weight is 517 g/mol. The number of nitrogens with zero attached hydrogens (tertiary/aromatic N) is 7. The molecule has 0 spiro atoms. The lowest BCUT2D eigenvalue weighted by atomic mass is 9.89. The van der Waals surface area contributed by atoms with Crippen LogP contribution in [0.3, 0.4) is 0 Å². The summed E-state index contributed by atoms with van der Waals surface area (Å²) in [4.78, 5) is 16.7. The van der Waals surface area contributed by atoms with Gasteiger partial charge in [0.15, 0.2) is 5.84 Å². The highest BCUT2D eigenvalue weighted by molar-refractivity contribution is 6.04. The number of amidine groups is 2. The number of benzene rings is 1.